The second-order valence-corrected chi connectivity index (χ2v) is 13.3. The molecule has 4 aromatic carbocycles. The molecule has 0 saturated heterocycles. The third-order valence-corrected chi connectivity index (χ3v) is 9.43. The first kappa shape index (κ1) is 33.5. The molecule has 5 rings (SSSR count). The van der Waals surface area contributed by atoms with E-state index in [2.05, 4.69) is 31.0 Å². The number of carboxylic acids is 2. The van der Waals surface area contributed by atoms with E-state index in [0.29, 0.717) is 23.8 Å². The Bertz CT molecular complexity index is 1810. The number of anilines is 2. The first-order chi connectivity index (χ1) is 22.3. The third-order valence-electron chi connectivity index (χ3n) is 9.19. The quantitative estimate of drug-likeness (QED) is 0.146. The zero-order valence-electron chi connectivity index (χ0n) is 26.7. The monoisotopic (exact) mass is 655 g/mol. The van der Waals surface area contributed by atoms with Gasteiger partial charge in [0.1, 0.15) is 5.75 Å². The lowest BCUT2D eigenvalue weighted by molar-refractivity contribution is -0.118. The molecule has 10 heteroatoms. The average Bonchev–Trinajstić information content (AvgIpc) is 3.35. The van der Waals surface area contributed by atoms with Crippen LogP contribution in [0, 0.1) is 5.41 Å². The molecule has 1 aliphatic rings. The third kappa shape index (κ3) is 6.41. The first-order valence-corrected chi connectivity index (χ1v) is 15.5. The largest absolute Gasteiger partial charge is 0.495 e. The van der Waals surface area contributed by atoms with Crippen molar-refractivity contribution in [2.24, 2.45) is 11.1 Å². The molecule has 244 valence electrons. The number of ether oxygens (including phenoxy) is 1. The van der Waals surface area contributed by atoms with Crippen molar-refractivity contribution in [1.29, 1.82) is 0 Å². The zero-order valence-corrected chi connectivity index (χ0v) is 27.4. The number of nitrogens with one attached hydrogen (secondary N) is 1. The van der Waals surface area contributed by atoms with Crippen LogP contribution in [0.15, 0.2) is 91.0 Å². The molecule has 0 aliphatic carbocycles. The SMILES string of the molecule is COc1cc(C(=O)O)ccc1NC(=O)[C@H](N)[C@H](c1ccccc1)C1(C(C)(C)C)CN(Cc2ccc(C(=O)O)cc2)c2cc(Cl)ccc21. The lowest BCUT2D eigenvalue weighted by Gasteiger charge is -2.50. The van der Waals surface area contributed by atoms with Gasteiger partial charge in [0.05, 0.1) is 30.0 Å². The summed E-state index contributed by atoms with van der Waals surface area (Å²) in [6.07, 6.45) is 0. The van der Waals surface area contributed by atoms with Gasteiger partial charge in [-0.05, 0) is 64.6 Å². The molecule has 9 nitrogen and oxygen atoms in total. The Balaban J connectivity index is 1.62. The van der Waals surface area contributed by atoms with Gasteiger partial charge in [-0.3, -0.25) is 4.79 Å². The van der Waals surface area contributed by atoms with Crippen molar-refractivity contribution in [2.75, 3.05) is 23.9 Å². The van der Waals surface area contributed by atoms with Crippen molar-refractivity contribution in [3.8, 4) is 5.75 Å². The fourth-order valence-electron chi connectivity index (χ4n) is 6.86. The van der Waals surface area contributed by atoms with Crippen LogP contribution in [-0.2, 0) is 16.8 Å². The van der Waals surface area contributed by atoms with Gasteiger partial charge in [0.25, 0.3) is 0 Å². The zero-order chi connectivity index (χ0) is 34.1. The molecule has 0 radical (unpaired) electrons. The molecule has 1 unspecified atom stereocenters. The number of hydrogen-bond donors (Lipinski definition) is 4. The van der Waals surface area contributed by atoms with Gasteiger partial charge in [-0.2, -0.15) is 0 Å². The molecule has 0 bridgehead atoms. The Hall–Kier alpha value is -4.86. The summed E-state index contributed by atoms with van der Waals surface area (Å²) in [5.74, 6) is -2.89. The molecular weight excluding hydrogens is 618 g/mol. The van der Waals surface area contributed by atoms with Crippen LogP contribution in [0.4, 0.5) is 11.4 Å². The summed E-state index contributed by atoms with van der Waals surface area (Å²) in [7, 11) is 1.41. The molecule has 5 N–H and O–H groups in total. The van der Waals surface area contributed by atoms with Gasteiger partial charge in [-0.1, -0.05) is 80.9 Å². The maximum Gasteiger partial charge on any atom is 0.335 e. The molecule has 4 aromatic rings. The second-order valence-electron chi connectivity index (χ2n) is 12.9. The number of nitrogens with zero attached hydrogens (tertiary/aromatic N) is 1. The minimum Gasteiger partial charge on any atom is -0.495 e. The van der Waals surface area contributed by atoms with E-state index >= 15 is 0 Å². The van der Waals surface area contributed by atoms with E-state index in [4.69, 9.17) is 22.1 Å². The summed E-state index contributed by atoms with van der Waals surface area (Å²) in [5, 5.41) is 22.3. The van der Waals surface area contributed by atoms with Gasteiger partial charge < -0.3 is 30.9 Å². The minimum absolute atomic E-state index is 0.0249. The highest BCUT2D eigenvalue weighted by molar-refractivity contribution is 6.31. The number of aromatic carboxylic acids is 2. The maximum atomic E-state index is 14.2. The molecule has 0 saturated carbocycles. The van der Waals surface area contributed by atoms with E-state index in [-0.39, 0.29) is 16.9 Å². The highest BCUT2D eigenvalue weighted by Gasteiger charge is 2.58. The summed E-state index contributed by atoms with van der Waals surface area (Å²) >= 11 is 6.58. The number of carboxylic acid groups (broad SMARTS) is 2. The van der Waals surface area contributed by atoms with Crippen molar-refractivity contribution in [2.45, 2.75) is 44.7 Å². The van der Waals surface area contributed by atoms with Crippen LogP contribution in [-0.4, -0.2) is 47.8 Å². The average molecular weight is 656 g/mol. The lowest BCUT2D eigenvalue weighted by atomic mass is 9.54. The molecule has 3 atom stereocenters. The molecule has 0 fully saturated rings. The van der Waals surface area contributed by atoms with Gasteiger partial charge >= 0.3 is 11.9 Å². The van der Waals surface area contributed by atoms with Crippen LogP contribution >= 0.6 is 11.6 Å². The number of benzene rings is 4. The van der Waals surface area contributed by atoms with Crippen LogP contribution in [0.5, 0.6) is 5.75 Å². The van der Waals surface area contributed by atoms with E-state index < -0.39 is 40.6 Å². The van der Waals surface area contributed by atoms with Crippen molar-refractivity contribution in [3.05, 3.63) is 124 Å². The fraction of sp³-hybridized carbons (Fsp3) is 0.270. The maximum absolute atomic E-state index is 14.2. The molecule has 1 amide bonds. The van der Waals surface area contributed by atoms with Gasteiger partial charge in [-0.15, -0.1) is 0 Å². The first-order valence-electron chi connectivity index (χ1n) is 15.2. The van der Waals surface area contributed by atoms with E-state index in [1.54, 1.807) is 12.1 Å². The van der Waals surface area contributed by atoms with Gasteiger partial charge in [0.2, 0.25) is 5.91 Å². The summed E-state index contributed by atoms with van der Waals surface area (Å²) < 4.78 is 5.41. The molecule has 1 heterocycles. The Labute approximate surface area is 278 Å². The van der Waals surface area contributed by atoms with Crippen molar-refractivity contribution in [1.82, 2.24) is 0 Å². The van der Waals surface area contributed by atoms with Crippen LogP contribution < -0.4 is 20.7 Å². The van der Waals surface area contributed by atoms with Crippen molar-refractivity contribution in [3.63, 3.8) is 0 Å². The van der Waals surface area contributed by atoms with Crippen LogP contribution in [0.1, 0.15) is 64.1 Å². The number of methoxy groups -OCH3 is 1. The molecule has 47 heavy (non-hydrogen) atoms. The topological polar surface area (TPSA) is 142 Å². The highest BCUT2D eigenvalue weighted by Crippen LogP contribution is 2.59. The fourth-order valence-corrected chi connectivity index (χ4v) is 7.02. The number of carbonyl (C=O) groups excluding carboxylic acids is 1. The van der Waals surface area contributed by atoms with E-state index in [1.807, 2.05) is 60.7 Å². The predicted octanol–water partition coefficient (Wildman–Crippen LogP) is 6.80. The molecule has 0 aromatic heterocycles. The van der Waals surface area contributed by atoms with E-state index in [9.17, 15) is 24.6 Å². The van der Waals surface area contributed by atoms with Crippen LogP contribution in [0.3, 0.4) is 0 Å². The number of rotatable bonds is 10. The number of hydrogen-bond acceptors (Lipinski definition) is 6. The standard InChI is InChI=1S/C37H38ClN3O6/c1-36(2,3)37(21-41(29-19-26(38)15-16-27(29)37)20-22-10-12-24(13-11-22)34(43)44)31(23-8-6-5-7-9-23)32(39)33(42)40-28-17-14-25(35(45)46)18-30(28)47-4/h5-19,31-32H,20-21,39H2,1-4H3,(H,40,42)(H,43,44)(H,45,46)/t31-,32+,37?/m0/s1. The predicted molar refractivity (Wildman–Crippen MR) is 183 cm³/mol. The highest BCUT2D eigenvalue weighted by atomic mass is 35.5. The molecule has 0 spiro atoms. The van der Waals surface area contributed by atoms with E-state index in [0.717, 1.165) is 22.4 Å². The number of nitrogens with two attached hydrogens (primary N) is 1. The summed E-state index contributed by atoms with van der Waals surface area (Å²) in [6, 6.07) is 25.5. The number of carbonyl (C=O) groups is 3. The Morgan fingerprint density at radius 3 is 2.17 bits per heavy atom. The van der Waals surface area contributed by atoms with Crippen molar-refractivity contribution < 1.29 is 29.3 Å². The van der Waals surface area contributed by atoms with E-state index in [1.165, 1.54) is 25.3 Å². The Kier molecular flexibility index (Phi) is 9.34. The van der Waals surface area contributed by atoms with Crippen LogP contribution in [0.2, 0.25) is 5.02 Å². The van der Waals surface area contributed by atoms with Gasteiger partial charge in [-0.25, -0.2) is 9.59 Å². The lowest BCUT2D eigenvalue weighted by Crippen LogP contribution is -2.56. The molecule has 1 aliphatic heterocycles. The van der Waals surface area contributed by atoms with Gasteiger partial charge in [0.15, 0.2) is 0 Å². The molecular formula is C37H38ClN3O6. The number of halogens is 1. The minimum atomic E-state index is -1.11. The summed E-state index contributed by atoms with van der Waals surface area (Å²) in [4.78, 5) is 39.4. The Morgan fingerprint density at radius 2 is 1.57 bits per heavy atom. The second kappa shape index (κ2) is 13.1. The number of amides is 1. The van der Waals surface area contributed by atoms with Crippen LogP contribution in [0.25, 0.3) is 0 Å². The van der Waals surface area contributed by atoms with Crippen molar-refractivity contribution >= 4 is 40.8 Å². The Morgan fingerprint density at radius 1 is 0.936 bits per heavy atom. The summed E-state index contributed by atoms with van der Waals surface area (Å²) in [6.45, 7) is 7.39. The smallest absolute Gasteiger partial charge is 0.335 e. The normalized spacial score (nSPS) is 17.0. The van der Waals surface area contributed by atoms with Gasteiger partial charge in [0, 0.05) is 35.1 Å². The number of fused-ring (bicyclic) bond motifs is 1. The summed E-state index contributed by atoms with van der Waals surface area (Å²) in [5.41, 5.74) is 10.1.